The van der Waals surface area contributed by atoms with Crippen LogP contribution in [0.4, 0.5) is 0 Å². The Balaban J connectivity index is 1.80. The molecule has 1 saturated heterocycles. The fraction of sp³-hybridized carbons (Fsp3) is 0.750. The van der Waals surface area contributed by atoms with Crippen molar-refractivity contribution < 1.29 is 13.2 Å². The van der Waals surface area contributed by atoms with Gasteiger partial charge in [-0.2, -0.15) is 5.10 Å². The molecule has 1 atom stereocenters. The molecule has 1 aliphatic heterocycles. The molecule has 2 heterocycles. The highest BCUT2D eigenvalue weighted by Gasteiger charge is 2.39. The van der Waals surface area contributed by atoms with Crippen LogP contribution in [-0.4, -0.2) is 52.6 Å². The van der Waals surface area contributed by atoms with Crippen LogP contribution < -0.4 is 0 Å². The Morgan fingerprint density at radius 1 is 1.26 bits per heavy atom. The lowest BCUT2D eigenvalue weighted by Crippen LogP contribution is -2.48. The molecule has 23 heavy (non-hydrogen) atoms. The standard InChI is InChI=1S/C16H25N3O3S/c1-12-9-13(2)18(17-12)10-16(20)19(14-5-3-4-6-14)15-7-8-23(21,22)11-15/h9,14-15H,3-8,10-11H2,1-2H3/t15-/m0/s1. The summed E-state index contributed by atoms with van der Waals surface area (Å²) >= 11 is 0. The molecule has 1 aliphatic carbocycles. The molecule has 128 valence electrons. The molecule has 0 spiro atoms. The number of amides is 1. The fourth-order valence-electron chi connectivity index (χ4n) is 3.93. The molecule has 0 bridgehead atoms. The zero-order valence-corrected chi connectivity index (χ0v) is 14.7. The first-order valence-electron chi connectivity index (χ1n) is 8.38. The van der Waals surface area contributed by atoms with Gasteiger partial charge in [-0.3, -0.25) is 9.48 Å². The van der Waals surface area contributed by atoms with Crippen LogP contribution in [0.5, 0.6) is 0 Å². The minimum absolute atomic E-state index is 0.00481. The van der Waals surface area contributed by atoms with Gasteiger partial charge in [-0.25, -0.2) is 8.42 Å². The molecule has 1 saturated carbocycles. The average molecular weight is 339 g/mol. The second kappa shape index (κ2) is 6.26. The van der Waals surface area contributed by atoms with Gasteiger partial charge in [0, 0.05) is 17.8 Å². The van der Waals surface area contributed by atoms with E-state index in [9.17, 15) is 13.2 Å². The van der Waals surface area contributed by atoms with E-state index in [0.717, 1.165) is 37.1 Å². The molecule has 0 N–H and O–H groups in total. The summed E-state index contributed by atoms with van der Waals surface area (Å²) in [5.41, 5.74) is 1.85. The van der Waals surface area contributed by atoms with E-state index >= 15 is 0 Å². The monoisotopic (exact) mass is 339 g/mol. The summed E-state index contributed by atoms with van der Waals surface area (Å²) in [5, 5.41) is 4.37. The van der Waals surface area contributed by atoms with E-state index in [1.54, 1.807) is 4.68 Å². The largest absolute Gasteiger partial charge is 0.334 e. The topological polar surface area (TPSA) is 72.3 Å². The molecular formula is C16H25N3O3S. The number of hydrogen-bond acceptors (Lipinski definition) is 4. The van der Waals surface area contributed by atoms with E-state index in [1.165, 1.54) is 0 Å². The van der Waals surface area contributed by atoms with Crippen LogP contribution in [0.25, 0.3) is 0 Å². The van der Waals surface area contributed by atoms with Gasteiger partial charge in [0.1, 0.15) is 6.54 Å². The lowest BCUT2D eigenvalue weighted by Gasteiger charge is -2.34. The van der Waals surface area contributed by atoms with Gasteiger partial charge in [-0.1, -0.05) is 12.8 Å². The van der Waals surface area contributed by atoms with Crippen LogP contribution in [0.3, 0.4) is 0 Å². The van der Waals surface area contributed by atoms with Crippen LogP contribution in [-0.2, 0) is 21.2 Å². The van der Waals surface area contributed by atoms with Crippen molar-refractivity contribution in [1.29, 1.82) is 0 Å². The average Bonchev–Trinajstić information content (AvgIpc) is 3.14. The summed E-state index contributed by atoms with van der Waals surface area (Å²) in [7, 11) is -3.00. The molecule has 2 aliphatic rings. The SMILES string of the molecule is Cc1cc(C)n(CC(=O)N(C2CCCC2)[C@H]2CCS(=O)(=O)C2)n1. The first-order chi connectivity index (χ1) is 10.9. The number of rotatable bonds is 4. The van der Waals surface area contributed by atoms with Crippen LogP contribution in [0.2, 0.25) is 0 Å². The first-order valence-corrected chi connectivity index (χ1v) is 10.2. The van der Waals surface area contributed by atoms with E-state index in [2.05, 4.69) is 5.10 Å². The highest BCUT2D eigenvalue weighted by molar-refractivity contribution is 7.91. The molecular weight excluding hydrogens is 314 g/mol. The predicted octanol–water partition coefficient (Wildman–Crippen LogP) is 1.46. The summed E-state index contributed by atoms with van der Waals surface area (Å²) in [4.78, 5) is 14.8. The smallest absolute Gasteiger partial charge is 0.244 e. The van der Waals surface area contributed by atoms with Crippen molar-refractivity contribution >= 4 is 15.7 Å². The Morgan fingerprint density at radius 2 is 1.96 bits per heavy atom. The summed E-state index contributed by atoms with van der Waals surface area (Å²) in [6.45, 7) is 4.05. The van der Waals surface area contributed by atoms with Crippen molar-refractivity contribution in [3.05, 3.63) is 17.5 Å². The normalized spacial score (nSPS) is 24.2. The quantitative estimate of drug-likeness (QED) is 0.832. The summed E-state index contributed by atoms with van der Waals surface area (Å²) in [6.07, 6.45) is 4.78. The molecule has 7 heteroatoms. The van der Waals surface area contributed by atoms with Crippen molar-refractivity contribution in [1.82, 2.24) is 14.7 Å². The van der Waals surface area contributed by atoms with Gasteiger partial charge < -0.3 is 4.90 Å². The van der Waals surface area contributed by atoms with Crippen molar-refractivity contribution in [3.8, 4) is 0 Å². The number of carbonyl (C=O) groups excluding carboxylic acids is 1. The van der Waals surface area contributed by atoms with Gasteiger partial charge in [0.2, 0.25) is 5.91 Å². The fourth-order valence-corrected chi connectivity index (χ4v) is 5.64. The highest BCUT2D eigenvalue weighted by Crippen LogP contribution is 2.29. The summed E-state index contributed by atoms with van der Waals surface area (Å²) in [6, 6.07) is 1.98. The molecule has 0 unspecified atom stereocenters. The third kappa shape index (κ3) is 3.59. The summed E-state index contributed by atoms with van der Waals surface area (Å²) < 4.78 is 25.4. The van der Waals surface area contributed by atoms with Gasteiger partial charge in [-0.05, 0) is 39.2 Å². The predicted molar refractivity (Wildman–Crippen MR) is 87.9 cm³/mol. The minimum Gasteiger partial charge on any atom is -0.334 e. The van der Waals surface area contributed by atoms with E-state index in [0.29, 0.717) is 6.42 Å². The Labute approximate surface area is 137 Å². The lowest BCUT2D eigenvalue weighted by atomic mass is 10.1. The Morgan fingerprint density at radius 3 is 2.48 bits per heavy atom. The van der Waals surface area contributed by atoms with Crippen molar-refractivity contribution in [3.63, 3.8) is 0 Å². The first kappa shape index (κ1) is 16.5. The third-order valence-electron chi connectivity index (χ3n) is 5.00. The second-order valence-corrected chi connectivity index (χ2v) is 9.11. The van der Waals surface area contributed by atoms with Gasteiger partial charge >= 0.3 is 0 Å². The van der Waals surface area contributed by atoms with Crippen LogP contribution in [0.15, 0.2) is 6.07 Å². The van der Waals surface area contributed by atoms with E-state index < -0.39 is 9.84 Å². The zero-order valence-electron chi connectivity index (χ0n) is 13.9. The Hall–Kier alpha value is -1.37. The van der Waals surface area contributed by atoms with Gasteiger partial charge in [0.05, 0.1) is 17.2 Å². The number of nitrogens with zero attached hydrogens (tertiary/aromatic N) is 3. The van der Waals surface area contributed by atoms with E-state index in [-0.39, 0.29) is 36.0 Å². The third-order valence-corrected chi connectivity index (χ3v) is 6.75. The van der Waals surface area contributed by atoms with Crippen LogP contribution in [0, 0.1) is 13.8 Å². The van der Waals surface area contributed by atoms with Crippen molar-refractivity contribution in [2.45, 2.75) is 64.6 Å². The molecule has 1 aromatic heterocycles. The van der Waals surface area contributed by atoms with E-state index in [4.69, 9.17) is 0 Å². The van der Waals surface area contributed by atoms with Crippen LogP contribution >= 0.6 is 0 Å². The minimum atomic E-state index is -3.00. The number of hydrogen-bond donors (Lipinski definition) is 0. The van der Waals surface area contributed by atoms with Gasteiger partial charge in [0.25, 0.3) is 0 Å². The molecule has 6 nitrogen and oxygen atoms in total. The summed E-state index contributed by atoms with van der Waals surface area (Å²) in [5.74, 6) is 0.325. The lowest BCUT2D eigenvalue weighted by molar-refractivity contribution is -0.136. The Kier molecular flexibility index (Phi) is 4.49. The maximum absolute atomic E-state index is 12.9. The van der Waals surface area contributed by atoms with Crippen molar-refractivity contribution in [2.24, 2.45) is 0 Å². The van der Waals surface area contributed by atoms with Gasteiger partial charge in [-0.15, -0.1) is 0 Å². The number of sulfone groups is 1. The number of carbonyl (C=O) groups is 1. The maximum atomic E-state index is 12.9. The molecule has 0 aromatic carbocycles. The molecule has 2 fully saturated rings. The Bertz CT molecular complexity index is 689. The zero-order chi connectivity index (χ0) is 16.6. The molecule has 0 radical (unpaired) electrons. The number of aromatic nitrogens is 2. The van der Waals surface area contributed by atoms with Gasteiger partial charge in [0.15, 0.2) is 9.84 Å². The molecule has 1 amide bonds. The van der Waals surface area contributed by atoms with Crippen LogP contribution in [0.1, 0.15) is 43.5 Å². The molecule has 3 rings (SSSR count). The maximum Gasteiger partial charge on any atom is 0.244 e. The second-order valence-electron chi connectivity index (χ2n) is 6.88. The highest BCUT2D eigenvalue weighted by atomic mass is 32.2. The van der Waals surface area contributed by atoms with E-state index in [1.807, 2.05) is 24.8 Å². The number of aryl methyl sites for hydroxylation is 2. The van der Waals surface area contributed by atoms with Crippen molar-refractivity contribution in [2.75, 3.05) is 11.5 Å². The molecule has 1 aromatic rings.